The summed E-state index contributed by atoms with van der Waals surface area (Å²) in [4.78, 5) is 45.8. The predicted octanol–water partition coefficient (Wildman–Crippen LogP) is 3.00. The highest BCUT2D eigenvalue weighted by atomic mass is 32.2. The van der Waals surface area contributed by atoms with E-state index in [0.29, 0.717) is 24.9 Å². The first-order valence-electron chi connectivity index (χ1n) is 12.9. The van der Waals surface area contributed by atoms with Crippen LogP contribution < -0.4 is 9.80 Å². The number of aliphatic carboxylic acids is 1. The topological polar surface area (TPSA) is 101 Å². The number of aliphatic hydroxyl groups excluding tert-OH is 1. The number of amides is 2. The summed E-state index contributed by atoms with van der Waals surface area (Å²) < 4.78 is -0.801. The molecule has 1 aromatic carbocycles. The lowest BCUT2D eigenvalue weighted by molar-refractivity contribution is -0.149. The summed E-state index contributed by atoms with van der Waals surface area (Å²) in [6.45, 7) is 11.6. The van der Waals surface area contributed by atoms with Gasteiger partial charge < -0.3 is 24.9 Å². The van der Waals surface area contributed by atoms with Crippen molar-refractivity contribution in [2.45, 2.75) is 62.1 Å². The maximum absolute atomic E-state index is 14.4. The lowest BCUT2D eigenvalue weighted by Crippen LogP contribution is -2.57. The van der Waals surface area contributed by atoms with Gasteiger partial charge >= 0.3 is 5.97 Å². The van der Waals surface area contributed by atoms with Crippen LogP contribution in [0.25, 0.3) is 0 Å². The quantitative estimate of drug-likeness (QED) is 0.437. The SMILES string of the molecule is C=CCN(C(=O)C1N([C@@H](CC)CO)C(=O)[C@@H]2[C@@H](C(=O)O)[C@H]3CCC12S3)c1ccc(N(CC)CC)cc1. The van der Waals surface area contributed by atoms with Crippen molar-refractivity contribution in [3.63, 3.8) is 0 Å². The zero-order valence-electron chi connectivity index (χ0n) is 21.3. The van der Waals surface area contributed by atoms with Gasteiger partial charge in [-0.05, 0) is 57.4 Å². The number of thioether (sulfide) groups is 1. The first kappa shape index (κ1) is 26.5. The molecule has 9 heteroatoms. The van der Waals surface area contributed by atoms with Gasteiger partial charge in [0, 0.05) is 36.3 Å². The van der Waals surface area contributed by atoms with Gasteiger partial charge in [0.1, 0.15) is 6.04 Å². The summed E-state index contributed by atoms with van der Waals surface area (Å²) >= 11 is 1.51. The van der Waals surface area contributed by atoms with Gasteiger partial charge in [0.05, 0.1) is 29.2 Å². The Morgan fingerprint density at radius 2 is 1.86 bits per heavy atom. The highest BCUT2D eigenvalue weighted by Crippen LogP contribution is 2.66. The van der Waals surface area contributed by atoms with Gasteiger partial charge in [0.15, 0.2) is 0 Å². The van der Waals surface area contributed by atoms with E-state index in [1.54, 1.807) is 11.0 Å². The van der Waals surface area contributed by atoms with E-state index < -0.39 is 34.6 Å². The van der Waals surface area contributed by atoms with E-state index in [4.69, 9.17) is 0 Å². The number of benzene rings is 1. The normalized spacial score (nSPS) is 29.2. The largest absolute Gasteiger partial charge is 0.481 e. The maximum Gasteiger partial charge on any atom is 0.308 e. The number of likely N-dealkylation sites (tertiary alicyclic amines) is 1. The number of rotatable bonds is 11. The minimum Gasteiger partial charge on any atom is -0.481 e. The van der Waals surface area contributed by atoms with E-state index in [2.05, 4.69) is 25.3 Å². The van der Waals surface area contributed by atoms with E-state index in [0.717, 1.165) is 18.8 Å². The van der Waals surface area contributed by atoms with Crippen LogP contribution in [0, 0.1) is 11.8 Å². The molecule has 3 aliphatic rings. The van der Waals surface area contributed by atoms with E-state index in [1.807, 2.05) is 31.2 Å². The fraction of sp³-hybridized carbons (Fsp3) is 0.593. The molecule has 0 radical (unpaired) electrons. The molecule has 4 rings (SSSR count). The standard InChI is InChI=1S/C27H37N3O5S/c1-5-15-29(19-11-9-18(10-12-19)28(7-3)8-4)25(33)23-27-14-13-20(36-27)21(26(34)35)22(27)24(32)30(23)17(6-2)16-31/h5,9-12,17,20-23,31H,1,6-8,13-16H2,2-4H3,(H,34,35)/t17-,20+,21-,22-,23?,27?/m0/s1. The van der Waals surface area contributed by atoms with E-state index >= 15 is 0 Å². The van der Waals surface area contributed by atoms with Crippen molar-refractivity contribution < 1.29 is 24.6 Å². The summed E-state index contributed by atoms with van der Waals surface area (Å²) in [6.07, 6.45) is 3.41. The van der Waals surface area contributed by atoms with Gasteiger partial charge in [0.2, 0.25) is 5.91 Å². The zero-order valence-corrected chi connectivity index (χ0v) is 22.1. The highest BCUT2D eigenvalue weighted by Gasteiger charge is 2.74. The third kappa shape index (κ3) is 4.00. The zero-order chi connectivity index (χ0) is 26.2. The summed E-state index contributed by atoms with van der Waals surface area (Å²) in [5, 5.41) is 20.0. The van der Waals surface area contributed by atoms with Crippen molar-refractivity contribution in [1.82, 2.24) is 4.90 Å². The van der Waals surface area contributed by atoms with Gasteiger partial charge in [-0.15, -0.1) is 18.3 Å². The number of aliphatic hydroxyl groups is 1. The molecule has 8 nitrogen and oxygen atoms in total. The average molecular weight is 516 g/mol. The molecule has 3 aliphatic heterocycles. The van der Waals surface area contributed by atoms with Crippen molar-refractivity contribution >= 4 is 40.9 Å². The Labute approximate surface area is 217 Å². The van der Waals surface area contributed by atoms with Crippen molar-refractivity contribution in [3.05, 3.63) is 36.9 Å². The Hall–Kier alpha value is -2.52. The van der Waals surface area contributed by atoms with Crippen LogP contribution in [0.3, 0.4) is 0 Å². The van der Waals surface area contributed by atoms with Crippen molar-refractivity contribution in [3.8, 4) is 0 Å². The Bertz CT molecular complexity index is 1010. The number of carbonyl (C=O) groups is 3. The Morgan fingerprint density at radius 3 is 2.39 bits per heavy atom. The molecule has 3 saturated heterocycles. The number of anilines is 2. The number of fused-ring (bicyclic) bond motifs is 1. The fourth-order valence-corrected chi connectivity index (χ4v) is 8.68. The monoisotopic (exact) mass is 515 g/mol. The summed E-state index contributed by atoms with van der Waals surface area (Å²) in [7, 11) is 0. The van der Waals surface area contributed by atoms with Crippen LogP contribution >= 0.6 is 11.8 Å². The molecular weight excluding hydrogens is 478 g/mol. The summed E-state index contributed by atoms with van der Waals surface area (Å²) in [5.41, 5.74) is 1.76. The number of hydrogen-bond donors (Lipinski definition) is 2. The van der Waals surface area contributed by atoms with E-state index in [-0.39, 0.29) is 30.2 Å². The second-order valence-corrected chi connectivity index (χ2v) is 11.4. The van der Waals surface area contributed by atoms with Crippen LogP contribution in [0.4, 0.5) is 11.4 Å². The number of carboxylic acids is 1. The first-order valence-corrected chi connectivity index (χ1v) is 13.8. The lowest BCUT2D eigenvalue weighted by atomic mass is 9.71. The average Bonchev–Trinajstić information content (AvgIpc) is 3.52. The van der Waals surface area contributed by atoms with Crippen LogP contribution in [0.1, 0.15) is 40.0 Å². The number of hydrogen-bond acceptors (Lipinski definition) is 6. The number of carboxylic acid groups (broad SMARTS) is 1. The van der Waals surface area contributed by atoms with Crippen LogP contribution in [0.15, 0.2) is 36.9 Å². The van der Waals surface area contributed by atoms with Crippen LogP contribution in [-0.4, -0.2) is 81.2 Å². The number of carbonyl (C=O) groups excluding carboxylic acids is 2. The van der Waals surface area contributed by atoms with E-state index in [1.165, 1.54) is 16.7 Å². The Morgan fingerprint density at radius 1 is 1.22 bits per heavy atom. The molecule has 2 N–H and O–H groups in total. The molecule has 0 saturated carbocycles. The minimum absolute atomic E-state index is 0.177. The molecule has 0 aromatic heterocycles. The molecule has 2 unspecified atom stereocenters. The van der Waals surface area contributed by atoms with E-state index in [9.17, 15) is 24.6 Å². The van der Waals surface area contributed by atoms with Crippen molar-refractivity contribution in [1.29, 1.82) is 0 Å². The molecule has 196 valence electrons. The molecule has 3 fully saturated rings. The molecule has 36 heavy (non-hydrogen) atoms. The summed E-state index contributed by atoms with van der Waals surface area (Å²) in [5.74, 6) is -3.11. The van der Waals surface area contributed by atoms with Crippen LogP contribution in [-0.2, 0) is 14.4 Å². The van der Waals surface area contributed by atoms with Crippen LogP contribution in [0.2, 0.25) is 0 Å². The smallest absolute Gasteiger partial charge is 0.308 e. The molecule has 2 bridgehead atoms. The van der Waals surface area contributed by atoms with Crippen molar-refractivity contribution in [2.24, 2.45) is 11.8 Å². The predicted molar refractivity (Wildman–Crippen MR) is 142 cm³/mol. The van der Waals surface area contributed by atoms with Gasteiger partial charge in [-0.3, -0.25) is 14.4 Å². The van der Waals surface area contributed by atoms with Gasteiger partial charge in [-0.1, -0.05) is 13.0 Å². The second-order valence-electron chi connectivity index (χ2n) is 9.81. The second kappa shape index (κ2) is 10.5. The van der Waals surface area contributed by atoms with Crippen molar-refractivity contribution in [2.75, 3.05) is 36.0 Å². The highest BCUT2D eigenvalue weighted by molar-refractivity contribution is 8.02. The van der Waals surface area contributed by atoms with Gasteiger partial charge in [-0.25, -0.2) is 0 Å². The third-order valence-corrected chi connectivity index (χ3v) is 10.2. The number of nitrogens with zero attached hydrogens (tertiary/aromatic N) is 3. The van der Waals surface area contributed by atoms with Gasteiger partial charge in [-0.2, -0.15) is 0 Å². The van der Waals surface area contributed by atoms with Crippen LogP contribution in [0.5, 0.6) is 0 Å². The molecule has 1 spiro atoms. The molecule has 3 heterocycles. The minimum atomic E-state index is -0.979. The summed E-state index contributed by atoms with van der Waals surface area (Å²) in [6, 6.07) is 6.42. The molecule has 1 aromatic rings. The first-order chi connectivity index (χ1) is 17.3. The maximum atomic E-state index is 14.4. The van der Waals surface area contributed by atoms with Gasteiger partial charge in [0.25, 0.3) is 5.91 Å². The molecule has 2 amide bonds. The Kier molecular flexibility index (Phi) is 7.71. The third-order valence-electron chi connectivity index (χ3n) is 8.20. The molecule has 6 atom stereocenters. The fourth-order valence-electron chi connectivity index (χ4n) is 6.49. The Balaban J connectivity index is 1.76. The lowest BCUT2D eigenvalue weighted by Gasteiger charge is -2.39. The molecular formula is C27H37N3O5S. The molecule has 0 aliphatic carbocycles.